The van der Waals surface area contributed by atoms with Gasteiger partial charge in [-0.3, -0.25) is 29.4 Å². The number of hydrazine groups is 1. The first-order chi connectivity index (χ1) is 36.8. The van der Waals surface area contributed by atoms with Gasteiger partial charge < -0.3 is 38.6 Å². The van der Waals surface area contributed by atoms with E-state index in [1.807, 2.05) is 13.1 Å². The number of hydrogen-bond acceptors (Lipinski definition) is 15. The molecule has 3 aromatic heterocycles. The number of cyclic esters (lactones) is 1. The number of benzene rings is 1. The average molecular weight is 1060 g/mol. The van der Waals surface area contributed by atoms with Gasteiger partial charge in [0, 0.05) is 124 Å². The van der Waals surface area contributed by atoms with E-state index < -0.39 is 29.5 Å². The number of rotatable bonds is 11. The van der Waals surface area contributed by atoms with Gasteiger partial charge in [0.2, 0.25) is 0 Å². The fourth-order valence-corrected chi connectivity index (χ4v) is 14.0. The minimum absolute atomic E-state index is 0.00142. The van der Waals surface area contributed by atoms with E-state index in [9.17, 15) is 14.9 Å². The number of methoxy groups -OCH3 is 1. The third kappa shape index (κ3) is 10.0. The van der Waals surface area contributed by atoms with Crippen molar-refractivity contribution in [2.75, 3.05) is 84.3 Å². The summed E-state index contributed by atoms with van der Waals surface area (Å²) in [6.07, 6.45) is 9.49. The number of carbonyl (C=O) groups is 3. The molecule has 76 heavy (non-hydrogen) atoms. The second-order valence-electron chi connectivity index (χ2n) is 23.7. The van der Waals surface area contributed by atoms with Crippen molar-refractivity contribution in [3.8, 4) is 28.6 Å². The highest BCUT2D eigenvalue weighted by molar-refractivity contribution is 7.10. The number of nitriles is 1. The van der Waals surface area contributed by atoms with Crippen molar-refractivity contribution in [3.05, 3.63) is 52.1 Å². The predicted molar refractivity (Wildman–Crippen MR) is 288 cm³/mol. The van der Waals surface area contributed by atoms with Gasteiger partial charge in [0.05, 0.1) is 72.4 Å². The predicted octanol–water partition coefficient (Wildman–Crippen LogP) is 6.69. The van der Waals surface area contributed by atoms with E-state index in [4.69, 9.17) is 28.9 Å². The van der Waals surface area contributed by atoms with Gasteiger partial charge in [0.15, 0.2) is 0 Å². The summed E-state index contributed by atoms with van der Waals surface area (Å²) in [5, 5.41) is 18.8. The molecule has 6 saturated heterocycles. The third-order valence-corrected chi connectivity index (χ3v) is 18.9. The van der Waals surface area contributed by atoms with Crippen LogP contribution in [0.4, 0.5) is 10.5 Å². The molecule has 13 rings (SSSR count). The van der Waals surface area contributed by atoms with E-state index in [0.29, 0.717) is 76.7 Å². The number of piperazine rings is 1. The molecule has 9 aliphatic rings. The normalized spacial score (nSPS) is 28.8. The van der Waals surface area contributed by atoms with Gasteiger partial charge in [-0.15, -0.1) is 11.3 Å². The Bertz CT molecular complexity index is 2860. The van der Waals surface area contributed by atoms with E-state index in [2.05, 4.69) is 86.5 Å². The van der Waals surface area contributed by atoms with Crippen LogP contribution in [0.5, 0.6) is 0 Å². The molecular formula is C57H75N11O7S. The molecule has 6 atom stereocenters. The lowest BCUT2D eigenvalue weighted by Crippen LogP contribution is -2.72. The summed E-state index contributed by atoms with van der Waals surface area (Å²) < 4.78 is 27.4. The minimum atomic E-state index is -1.07. The molecule has 2 N–H and O–H groups in total. The van der Waals surface area contributed by atoms with E-state index >= 15 is 4.79 Å². The van der Waals surface area contributed by atoms with Crippen LogP contribution in [-0.2, 0) is 41.5 Å². The lowest BCUT2D eigenvalue weighted by molar-refractivity contribution is -0.171. The van der Waals surface area contributed by atoms with Gasteiger partial charge in [0.1, 0.15) is 17.1 Å². The van der Waals surface area contributed by atoms with Gasteiger partial charge in [-0.25, -0.2) is 15.2 Å². The topological polar surface area (TPSA) is 183 Å². The molecule has 7 aliphatic heterocycles. The number of thiazole rings is 1. The molecule has 0 spiro atoms. The number of nitrogens with one attached hydrogen (secondary N) is 2. The fraction of sp³-hybridized carbons (Fsp3) is 0.649. The first-order valence-corrected chi connectivity index (χ1v) is 29.0. The number of amides is 3. The Hall–Kier alpha value is -5.20. The van der Waals surface area contributed by atoms with Crippen molar-refractivity contribution >= 4 is 45.8 Å². The van der Waals surface area contributed by atoms with Crippen molar-refractivity contribution < 1.29 is 33.3 Å². The highest BCUT2D eigenvalue weighted by Crippen LogP contribution is 2.46. The van der Waals surface area contributed by atoms with Gasteiger partial charge in [0.25, 0.3) is 5.91 Å². The number of hydrogen-bond donors (Lipinski definition) is 2. The number of nitrogens with zero attached hydrogens (tertiary/aromatic N) is 9. The largest absolute Gasteiger partial charge is 0.464 e. The molecular weight excluding hydrogens is 983 g/mol. The Morgan fingerprint density at radius 1 is 1.01 bits per heavy atom. The Morgan fingerprint density at radius 3 is 2.53 bits per heavy atom. The first-order valence-electron chi connectivity index (χ1n) is 28.1. The summed E-state index contributed by atoms with van der Waals surface area (Å²) in [5.74, 6) is -0.956. The van der Waals surface area contributed by atoms with Crippen molar-refractivity contribution in [1.29, 1.82) is 5.26 Å². The molecule has 2 saturated carbocycles. The fourth-order valence-electron chi connectivity index (χ4n) is 13.0. The van der Waals surface area contributed by atoms with Crippen LogP contribution >= 0.6 is 11.3 Å². The maximum atomic E-state index is 15.4. The minimum Gasteiger partial charge on any atom is -0.464 e. The van der Waals surface area contributed by atoms with Crippen LogP contribution < -0.4 is 15.6 Å². The van der Waals surface area contributed by atoms with E-state index in [-0.39, 0.29) is 54.7 Å². The van der Waals surface area contributed by atoms with Crippen molar-refractivity contribution in [2.45, 2.75) is 140 Å². The Kier molecular flexibility index (Phi) is 14.4. The third-order valence-electron chi connectivity index (χ3n) is 18.0. The second kappa shape index (κ2) is 21.2. The lowest BCUT2D eigenvalue weighted by Gasteiger charge is -2.53. The summed E-state index contributed by atoms with van der Waals surface area (Å²) in [5.41, 5.74) is 10.6. The van der Waals surface area contributed by atoms with E-state index in [1.165, 1.54) is 24.2 Å². The second-order valence-corrected chi connectivity index (χ2v) is 24.6. The first kappa shape index (κ1) is 51.6. The molecule has 406 valence electrons. The van der Waals surface area contributed by atoms with Crippen molar-refractivity contribution in [3.63, 3.8) is 0 Å². The smallest absolute Gasteiger partial charge is 0.325 e. The Morgan fingerprint density at radius 2 is 1.82 bits per heavy atom. The highest BCUT2D eigenvalue weighted by atomic mass is 32.1. The molecule has 2 aliphatic carbocycles. The van der Waals surface area contributed by atoms with Gasteiger partial charge >= 0.3 is 12.0 Å². The molecule has 4 aromatic rings. The SMILES string of the molecule is CO[C@@H](C)c1ncc(N2CCN(C3CC3)CC2)cc1-c1c2c3cc(ccc3n1CCOC1CCOCC1)-c1csc(n1)[C@@H](N1CC[C@@H](C#N)C1)[C@H](NC(=O)N1CC[C@H]1C)C(=O)N1N[C@H](C(=O)OCC(C)(C)C2)C2CC1C2. The maximum absolute atomic E-state index is 15.4. The van der Waals surface area contributed by atoms with Gasteiger partial charge in [-0.05, 0) is 101 Å². The molecule has 8 bridgehead atoms. The quantitative estimate of drug-likeness (QED) is 0.152. The van der Waals surface area contributed by atoms with Gasteiger partial charge in [-0.2, -0.15) is 5.26 Å². The summed E-state index contributed by atoms with van der Waals surface area (Å²) in [6, 6.07) is 9.19. The number of esters is 1. The zero-order chi connectivity index (χ0) is 52.4. The number of carbonyl (C=O) groups excluding carboxylic acids is 3. The van der Waals surface area contributed by atoms with Crippen molar-refractivity contribution in [2.24, 2.45) is 17.3 Å². The number of likely N-dealkylation sites (tertiary alicyclic amines) is 2. The maximum Gasteiger partial charge on any atom is 0.325 e. The highest BCUT2D eigenvalue weighted by Gasteiger charge is 2.53. The van der Waals surface area contributed by atoms with E-state index in [0.717, 1.165) is 102 Å². The number of urea groups is 1. The summed E-state index contributed by atoms with van der Waals surface area (Å²) >= 11 is 1.47. The van der Waals surface area contributed by atoms with Crippen LogP contribution in [0.3, 0.4) is 0 Å². The molecule has 0 unspecified atom stereocenters. The summed E-state index contributed by atoms with van der Waals surface area (Å²) in [7, 11) is 1.74. The molecule has 8 fully saturated rings. The Labute approximate surface area is 450 Å². The summed E-state index contributed by atoms with van der Waals surface area (Å²) in [6.45, 7) is 16.5. The molecule has 3 amide bonds. The summed E-state index contributed by atoms with van der Waals surface area (Å²) in [4.78, 5) is 63.9. The number of aromatic nitrogens is 3. The standard InChI is InChI=1S/C57H75N11O7S/c1-34-10-15-66(34)56(71)61-50-52(65-14-11-36(29-58)31-65)53-60-46(32-76-53)37-6-9-47-43(26-37)45(28-57(3,4)33-75-55(70)49-38-24-40(25-38)68(62-49)54(50)69)51(67(47)20-23-74-42-12-21-73-22-13-42)44-27-41(30-59-48(44)35(2)72-5)64-18-16-63(17-19-64)39-7-8-39/h6,9,26-27,30,32,34-36,38-40,42,49-50,52,62H,7-8,10-25,28,31,33H2,1-5H3,(H,61,71)/t34-,35+,36+,38?,40?,49+,50+,52+/m1/s1. The number of anilines is 1. The zero-order valence-electron chi connectivity index (χ0n) is 44.9. The average Bonchev–Trinajstić information content (AvgIpc) is 3.97. The Balaban J connectivity index is 1.01. The van der Waals surface area contributed by atoms with E-state index in [1.54, 1.807) is 17.0 Å². The number of fused-ring (bicyclic) bond motifs is 4. The molecule has 1 aromatic carbocycles. The lowest BCUT2D eigenvalue weighted by atomic mass is 9.73. The zero-order valence-corrected chi connectivity index (χ0v) is 45.7. The van der Waals surface area contributed by atoms with Crippen LogP contribution in [0, 0.1) is 28.6 Å². The van der Waals surface area contributed by atoms with Crippen LogP contribution in [0.25, 0.3) is 33.4 Å². The van der Waals surface area contributed by atoms with Crippen LogP contribution in [-0.4, -0.2) is 168 Å². The molecule has 0 radical (unpaired) electrons. The number of pyridine rings is 1. The van der Waals surface area contributed by atoms with Crippen LogP contribution in [0.15, 0.2) is 35.8 Å². The van der Waals surface area contributed by atoms with Crippen molar-refractivity contribution in [1.82, 2.24) is 45.0 Å². The number of ether oxygens (including phenoxy) is 4. The van der Waals surface area contributed by atoms with Gasteiger partial charge in [-0.1, -0.05) is 19.9 Å². The molecule has 18 nitrogen and oxygen atoms in total. The monoisotopic (exact) mass is 1060 g/mol. The molecule has 19 heteroatoms. The van der Waals surface area contributed by atoms with Crippen LogP contribution in [0.2, 0.25) is 0 Å². The molecule has 10 heterocycles. The van der Waals surface area contributed by atoms with Crippen LogP contribution in [0.1, 0.15) is 107 Å².